The van der Waals surface area contributed by atoms with Crippen LogP contribution in [0.2, 0.25) is 0 Å². The first-order chi connectivity index (χ1) is 21.0. The molecule has 0 aliphatic carbocycles. The van der Waals surface area contributed by atoms with Crippen molar-refractivity contribution in [1.82, 2.24) is 24.6 Å². The van der Waals surface area contributed by atoms with Gasteiger partial charge in [-0.15, -0.1) is 0 Å². The maximum Gasteiger partial charge on any atom is 0.246 e. The molecule has 1 aliphatic rings. The van der Waals surface area contributed by atoms with Gasteiger partial charge in [0.2, 0.25) is 5.91 Å². The zero-order valence-electron chi connectivity index (χ0n) is 23.6. The van der Waals surface area contributed by atoms with Crippen LogP contribution in [0.4, 0.5) is 5.82 Å². The normalized spacial score (nSPS) is 15.1. The van der Waals surface area contributed by atoms with Gasteiger partial charge in [0, 0.05) is 30.3 Å². The van der Waals surface area contributed by atoms with E-state index in [-0.39, 0.29) is 17.7 Å². The van der Waals surface area contributed by atoms with E-state index in [1.54, 1.807) is 36.3 Å². The maximum atomic E-state index is 13.1. The first-order valence-electron chi connectivity index (χ1n) is 14.0. The van der Waals surface area contributed by atoms with Crippen LogP contribution in [0.5, 0.6) is 17.2 Å². The largest absolute Gasteiger partial charge is 0.497 e. The third-order valence-corrected chi connectivity index (χ3v) is 7.43. The second kappa shape index (κ2) is 12.2. The van der Waals surface area contributed by atoms with Crippen LogP contribution in [0.3, 0.4) is 0 Å². The predicted octanol–water partition coefficient (Wildman–Crippen LogP) is 5.48. The number of ketones is 1. The number of methoxy groups -OCH3 is 1. The molecule has 0 spiro atoms. The van der Waals surface area contributed by atoms with Gasteiger partial charge in [0.1, 0.15) is 35.1 Å². The molecule has 6 rings (SSSR count). The summed E-state index contributed by atoms with van der Waals surface area (Å²) in [5, 5.41) is 5.61. The minimum absolute atomic E-state index is 0.130. The molecule has 2 aromatic heterocycles. The molecule has 5 aromatic rings. The predicted molar refractivity (Wildman–Crippen MR) is 163 cm³/mol. The number of fused-ring (bicyclic) bond motifs is 1. The zero-order valence-corrected chi connectivity index (χ0v) is 23.6. The number of amides is 1. The summed E-state index contributed by atoms with van der Waals surface area (Å²) in [5.74, 6) is 1.96. The molecule has 0 bridgehead atoms. The van der Waals surface area contributed by atoms with E-state index in [1.807, 2.05) is 59.3 Å². The quantitative estimate of drug-likeness (QED) is 0.191. The number of aromatic nitrogens is 4. The Hall–Kier alpha value is -5.51. The van der Waals surface area contributed by atoms with Crippen LogP contribution in [0, 0.1) is 0 Å². The summed E-state index contributed by atoms with van der Waals surface area (Å²) < 4.78 is 12.9. The number of para-hydroxylation sites is 1. The molecule has 10 heteroatoms. The lowest BCUT2D eigenvalue weighted by atomic mass is 10.1. The van der Waals surface area contributed by atoms with E-state index in [0.717, 1.165) is 24.2 Å². The van der Waals surface area contributed by atoms with Crippen molar-refractivity contribution in [2.24, 2.45) is 0 Å². The number of hydrogen-bond acceptors (Lipinski definition) is 8. The van der Waals surface area contributed by atoms with Crippen LogP contribution < -0.4 is 15.2 Å². The molecule has 3 heterocycles. The number of anilines is 1. The standard InChI is InChI=1S/C33H30N6O4/c1-42-25-13-9-22(10-14-25)28(40)17-18-29(41)38-19-5-6-24(20-38)39-33-30(32(34)35-21-36-33)31(37-39)23-11-15-27(16-12-23)43-26-7-3-2-4-8-26/h2-4,7-18,21,24H,5-6,19-20H2,1H3,(H2,34,35,36)/b18-17+/t24-/m1/s1. The number of nitrogens with two attached hydrogens (primary N) is 1. The van der Waals surface area contributed by atoms with Crippen LogP contribution in [0.25, 0.3) is 22.3 Å². The number of benzene rings is 3. The lowest BCUT2D eigenvalue weighted by molar-refractivity contribution is -0.127. The zero-order chi connectivity index (χ0) is 29.8. The van der Waals surface area contributed by atoms with Crippen LogP contribution in [-0.4, -0.2) is 56.5 Å². The summed E-state index contributed by atoms with van der Waals surface area (Å²) in [6.45, 7) is 1.01. The molecule has 0 saturated carbocycles. The van der Waals surface area contributed by atoms with Gasteiger partial charge < -0.3 is 20.1 Å². The number of allylic oxidation sites excluding steroid dienone is 1. The number of carbonyl (C=O) groups is 2. The van der Waals surface area contributed by atoms with Crippen molar-refractivity contribution in [3.05, 3.63) is 103 Å². The van der Waals surface area contributed by atoms with Crippen molar-refractivity contribution in [3.63, 3.8) is 0 Å². The van der Waals surface area contributed by atoms with Gasteiger partial charge in [-0.2, -0.15) is 5.10 Å². The Labute approximate surface area is 248 Å². The number of ether oxygens (including phenoxy) is 2. The van der Waals surface area contributed by atoms with Gasteiger partial charge in [-0.1, -0.05) is 18.2 Å². The summed E-state index contributed by atoms with van der Waals surface area (Å²) in [6, 6.07) is 23.8. The van der Waals surface area contributed by atoms with Crippen molar-refractivity contribution in [1.29, 1.82) is 0 Å². The highest BCUT2D eigenvalue weighted by atomic mass is 16.5. The Bertz CT molecular complexity index is 1780. The molecular formula is C33H30N6O4. The Morgan fingerprint density at radius 3 is 2.37 bits per heavy atom. The van der Waals surface area contributed by atoms with Crippen molar-refractivity contribution in [3.8, 4) is 28.5 Å². The van der Waals surface area contributed by atoms with Crippen LogP contribution in [-0.2, 0) is 4.79 Å². The van der Waals surface area contributed by atoms with E-state index in [2.05, 4.69) is 9.97 Å². The first kappa shape index (κ1) is 27.6. The van der Waals surface area contributed by atoms with E-state index >= 15 is 0 Å². The van der Waals surface area contributed by atoms with E-state index in [1.165, 1.54) is 18.5 Å². The molecule has 1 aliphatic heterocycles. The summed E-state index contributed by atoms with van der Waals surface area (Å²) in [4.78, 5) is 36.2. The molecule has 0 unspecified atom stereocenters. The Morgan fingerprint density at radius 2 is 1.63 bits per heavy atom. The van der Waals surface area contributed by atoms with Crippen molar-refractivity contribution in [2.75, 3.05) is 25.9 Å². The summed E-state index contributed by atoms with van der Waals surface area (Å²) in [6.07, 6.45) is 5.66. The molecule has 1 fully saturated rings. The van der Waals surface area contributed by atoms with Crippen molar-refractivity contribution >= 4 is 28.5 Å². The SMILES string of the molecule is COc1ccc(C(=O)/C=C/C(=O)N2CCC[C@@H](n3nc(-c4ccc(Oc5ccccc5)cc4)c4c(N)ncnc43)C2)cc1. The highest BCUT2D eigenvalue weighted by Crippen LogP contribution is 2.35. The fourth-order valence-corrected chi connectivity index (χ4v) is 5.22. The third-order valence-electron chi connectivity index (χ3n) is 7.43. The van der Waals surface area contributed by atoms with Gasteiger partial charge in [-0.05, 0) is 79.6 Å². The topological polar surface area (TPSA) is 125 Å². The van der Waals surface area contributed by atoms with Crippen LogP contribution in [0.15, 0.2) is 97.3 Å². The van der Waals surface area contributed by atoms with Crippen molar-refractivity contribution < 1.29 is 19.1 Å². The number of carbonyl (C=O) groups excluding carboxylic acids is 2. The molecule has 1 amide bonds. The minimum atomic E-state index is -0.250. The second-order valence-corrected chi connectivity index (χ2v) is 10.2. The lowest BCUT2D eigenvalue weighted by Crippen LogP contribution is -2.40. The maximum absolute atomic E-state index is 13.1. The first-order valence-corrected chi connectivity index (χ1v) is 14.0. The van der Waals surface area contributed by atoms with E-state index in [0.29, 0.717) is 52.7 Å². The van der Waals surface area contributed by atoms with Gasteiger partial charge in [0.05, 0.1) is 18.5 Å². The minimum Gasteiger partial charge on any atom is -0.497 e. The average molecular weight is 575 g/mol. The number of nitrogen functional groups attached to an aromatic ring is 1. The molecule has 3 aromatic carbocycles. The fraction of sp³-hybridized carbons (Fsp3) is 0.182. The van der Waals surface area contributed by atoms with Crippen molar-refractivity contribution in [2.45, 2.75) is 18.9 Å². The molecule has 1 atom stereocenters. The monoisotopic (exact) mass is 574 g/mol. The number of piperidine rings is 1. The number of nitrogens with zero attached hydrogens (tertiary/aromatic N) is 5. The number of likely N-dealkylation sites (tertiary alicyclic amines) is 1. The van der Waals surface area contributed by atoms with E-state index in [4.69, 9.17) is 20.3 Å². The van der Waals surface area contributed by atoms with Gasteiger partial charge >= 0.3 is 0 Å². The molecule has 10 nitrogen and oxygen atoms in total. The Morgan fingerprint density at radius 1 is 0.907 bits per heavy atom. The molecule has 2 N–H and O–H groups in total. The van der Waals surface area contributed by atoms with E-state index in [9.17, 15) is 9.59 Å². The van der Waals surface area contributed by atoms with Crippen LogP contribution in [0.1, 0.15) is 29.2 Å². The van der Waals surface area contributed by atoms with Gasteiger partial charge in [-0.3, -0.25) is 9.59 Å². The summed E-state index contributed by atoms with van der Waals surface area (Å²) >= 11 is 0. The molecule has 216 valence electrons. The average Bonchev–Trinajstić information content (AvgIpc) is 3.45. The summed E-state index contributed by atoms with van der Waals surface area (Å²) in [5.41, 5.74) is 8.93. The smallest absolute Gasteiger partial charge is 0.246 e. The number of hydrogen-bond donors (Lipinski definition) is 1. The molecule has 43 heavy (non-hydrogen) atoms. The Kier molecular flexibility index (Phi) is 7.82. The molecule has 0 radical (unpaired) electrons. The fourth-order valence-electron chi connectivity index (χ4n) is 5.22. The second-order valence-electron chi connectivity index (χ2n) is 10.2. The lowest BCUT2D eigenvalue weighted by Gasteiger charge is -2.32. The Balaban J connectivity index is 1.21. The highest BCUT2D eigenvalue weighted by molar-refractivity contribution is 6.07. The van der Waals surface area contributed by atoms with Crippen LogP contribution >= 0.6 is 0 Å². The van der Waals surface area contributed by atoms with E-state index < -0.39 is 0 Å². The van der Waals surface area contributed by atoms with Gasteiger partial charge in [-0.25, -0.2) is 14.6 Å². The number of rotatable bonds is 8. The third kappa shape index (κ3) is 5.94. The van der Waals surface area contributed by atoms with Gasteiger partial charge in [0.15, 0.2) is 11.4 Å². The molecule has 1 saturated heterocycles. The summed E-state index contributed by atoms with van der Waals surface area (Å²) in [7, 11) is 1.57. The highest BCUT2D eigenvalue weighted by Gasteiger charge is 2.28. The van der Waals surface area contributed by atoms with Gasteiger partial charge in [0.25, 0.3) is 0 Å². The molecular weight excluding hydrogens is 544 g/mol.